The Morgan fingerprint density at radius 1 is 0.914 bits per heavy atom. The van der Waals surface area contributed by atoms with Gasteiger partial charge in [0.2, 0.25) is 35.4 Å². The van der Waals surface area contributed by atoms with Gasteiger partial charge in [0, 0.05) is 62.6 Å². The molecule has 1 aromatic rings. The van der Waals surface area contributed by atoms with Crippen molar-refractivity contribution in [3.63, 3.8) is 0 Å². The number of carbonyl (C=O) groups is 8. The molecular formula is C39H61ClN10O8. The second-order valence-corrected chi connectivity index (χ2v) is 15.0. The third-order valence-electron chi connectivity index (χ3n) is 9.82. The SMILES string of the molecule is CCCC[C@H](NC(C)=O)C(=O)N[C@H]1CCC(=O)NCC[C@@H](C(N)=O)CC(=O)[C@H](CCCN=C(N)N)CC(=O)[C@@H](Cc2ccccc2Cl)NC(=O)[C@H](CCCN)NC1=O. The first kappa shape index (κ1) is 49.0. The lowest BCUT2D eigenvalue weighted by Crippen LogP contribution is -2.58. The average Bonchev–Trinajstić information content (AvgIpc) is 3.16. The highest BCUT2D eigenvalue weighted by Gasteiger charge is 2.34. The van der Waals surface area contributed by atoms with E-state index in [4.69, 9.17) is 34.5 Å². The summed E-state index contributed by atoms with van der Waals surface area (Å²) in [4.78, 5) is 111. The van der Waals surface area contributed by atoms with Gasteiger partial charge in [0.1, 0.15) is 23.9 Å². The number of hydrogen-bond acceptors (Lipinski definition) is 10. The van der Waals surface area contributed by atoms with Crippen LogP contribution in [0.5, 0.6) is 0 Å². The summed E-state index contributed by atoms with van der Waals surface area (Å²) in [6, 6.07) is 1.98. The summed E-state index contributed by atoms with van der Waals surface area (Å²) < 4.78 is 0. The van der Waals surface area contributed by atoms with Gasteiger partial charge in [0.25, 0.3) is 0 Å². The van der Waals surface area contributed by atoms with Gasteiger partial charge in [-0.25, -0.2) is 0 Å². The Labute approximate surface area is 344 Å². The highest BCUT2D eigenvalue weighted by Crippen LogP contribution is 2.23. The minimum atomic E-state index is -1.33. The molecule has 0 saturated carbocycles. The van der Waals surface area contributed by atoms with Gasteiger partial charge in [-0.2, -0.15) is 0 Å². The number of ketones is 2. The Kier molecular flexibility index (Phi) is 22.0. The number of amides is 6. The molecule has 2 rings (SSSR count). The first-order valence-corrected chi connectivity index (χ1v) is 20.2. The number of hydrogen-bond donors (Lipinski definition) is 9. The molecule has 0 spiro atoms. The smallest absolute Gasteiger partial charge is 0.243 e. The lowest BCUT2D eigenvalue weighted by Gasteiger charge is -2.27. The van der Waals surface area contributed by atoms with Crippen LogP contribution >= 0.6 is 11.6 Å². The van der Waals surface area contributed by atoms with Gasteiger partial charge in [0.15, 0.2) is 11.7 Å². The van der Waals surface area contributed by atoms with Crippen LogP contribution in [-0.4, -0.2) is 96.8 Å². The Bertz CT molecular complexity index is 1620. The maximum absolute atomic E-state index is 14.2. The minimum absolute atomic E-state index is 0.00592. The van der Waals surface area contributed by atoms with E-state index in [1.165, 1.54) is 6.92 Å². The zero-order valence-electron chi connectivity index (χ0n) is 33.5. The molecule has 0 radical (unpaired) electrons. The molecule has 1 heterocycles. The molecule has 1 aliphatic rings. The van der Waals surface area contributed by atoms with E-state index in [0.29, 0.717) is 29.8 Å². The van der Waals surface area contributed by atoms with Crippen LogP contribution in [0.25, 0.3) is 0 Å². The molecule has 1 fully saturated rings. The van der Waals surface area contributed by atoms with E-state index < -0.39 is 83.0 Å². The summed E-state index contributed by atoms with van der Waals surface area (Å²) in [6.07, 6.45) is 1.28. The van der Waals surface area contributed by atoms with Crippen LogP contribution in [0, 0.1) is 11.8 Å². The maximum atomic E-state index is 14.2. The van der Waals surface area contributed by atoms with Crippen molar-refractivity contribution >= 4 is 64.6 Å². The zero-order valence-corrected chi connectivity index (χ0v) is 34.2. The summed E-state index contributed by atoms with van der Waals surface area (Å²) in [7, 11) is 0. The van der Waals surface area contributed by atoms with Crippen LogP contribution in [0.15, 0.2) is 29.3 Å². The summed E-state index contributed by atoms with van der Waals surface area (Å²) in [6.45, 7) is 3.47. The first-order chi connectivity index (χ1) is 27.6. The van der Waals surface area contributed by atoms with Crippen molar-refractivity contribution in [1.29, 1.82) is 0 Å². The number of guanidine groups is 1. The molecule has 1 aliphatic heterocycles. The molecule has 1 aromatic carbocycles. The van der Waals surface area contributed by atoms with E-state index in [1.54, 1.807) is 24.3 Å². The second-order valence-electron chi connectivity index (χ2n) is 14.6. The molecule has 0 aromatic heterocycles. The predicted octanol–water partition coefficient (Wildman–Crippen LogP) is -0.239. The Hall–Kier alpha value is -5.10. The highest BCUT2D eigenvalue weighted by molar-refractivity contribution is 6.31. The van der Waals surface area contributed by atoms with Crippen molar-refractivity contribution < 1.29 is 38.4 Å². The van der Waals surface area contributed by atoms with Gasteiger partial charge < -0.3 is 49.5 Å². The molecule has 0 unspecified atom stereocenters. The molecule has 1 saturated heterocycles. The van der Waals surface area contributed by atoms with Gasteiger partial charge in [-0.1, -0.05) is 49.6 Å². The number of Topliss-reactive ketones (excluding diaryl/α,β-unsaturated/α-hetero) is 2. The number of rotatable bonds is 16. The van der Waals surface area contributed by atoms with Gasteiger partial charge in [-0.05, 0) is 63.1 Å². The fourth-order valence-electron chi connectivity index (χ4n) is 6.54. The number of aliphatic imine (C=N–C) groups is 1. The quantitative estimate of drug-likeness (QED) is 0.0595. The Balaban J connectivity index is 2.61. The van der Waals surface area contributed by atoms with Crippen molar-refractivity contribution in [3.05, 3.63) is 34.9 Å². The highest BCUT2D eigenvalue weighted by atomic mass is 35.5. The van der Waals surface area contributed by atoms with E-state index in [1.807, 2.05) is 6.92 Å². The molecule has 13 N–H and O–H groups in total. The number of nitrogens with one attached hydrogen (secondary N) is 5. The van der Waals surface area contributed by atoms with E-state index in [2.05, 4.69) is 31.6 Å². The number of unbranched alkanes of at least 4 members (excludes halogenated alkanes) is 1. The first-order valence-electron chi connectivity index (χ1n) is 19.8. The topological polar surface area (TPSA) is 313 Å². The number of carbonyl (C=O) groups excluding carboxylic acids is 8. The molecule has 0 aliphatic carbocycles. The van der Waals surface area contributed by atoms with Crippen molar-refractivity contribution in [2.24, 2.45) is 39.8 Å². The number of nitrogens with two attached hydrogens (primary N) is 4. The van der Waals surface area contributed by atoms with E-state index in [0.717, 1.165) is 6.42 Å². The molecule has 58 heavy (non-hydrogen) atoms. The van der Waals surface area contributed by atoms with E-state index >= 15 is 0 Å². The predicted molar refractivity (Wildman–Crippen MR) is 219 cm³/mol. The summed E-state index contributed by atoms with van der Waals surface area (Å²) >= 11 is 6.48. The Morgan fingerprint density at radius 2 is 1.62 bits per heavy atom. The van der Waals surface area contributed by atoms with Crippen LogP contribution in [0.1, 0.15) is 96.5 Å². The second kappa shape index (κ2) is 26.0. The average molecular weight is 833 g/mol. The summed E-state index contributed by atoms with van der Waals surface area (Å²) in [5, 5.41) is 13.7. The Morgan fingerprint density at radius 3 is 2.26 bits per heavy atom. The van der Waals surface area contributed by atoms with Gasteiger partial charge in [-0.3, -0.25) is 43.3 Å². The largest absolute Gasteiger partial charge is 0.370 e. The van der Waals surface area contributed by atoms with Gasteiger partial charge >= 0.3 is 0 Å². The molecular weight excluding hydrogens is 772 g/mol. The number of nitrogens with zero attached hydrogens (tertiary/aromatic N) is 1. The summed E-state index contributed by atoms with van der Waals surface area (Å²) in [5.74, 6) is -6.91. The van der Waals surface area contributed by atoms with Crippen LogP contribution in [0.4, 0.5) is 0 Å². The van der Waals surface area contributed by atoms with E-state index in [9.17, 15) is 38.4 Å². The van der Waals surface area contributed by atoms with Crippen LogP contribution in [0.2, 0.25) is 5.02 Å². The molecule has 6 amide bonds. The van der Waals surface area contributed by atoms with Crippen LogP contribution in [-0.2, 0) is 44.8 Å². The lowest BCUT2D eigenvalue weighted by molar-refractivity contribution is -0.135. The van der Waals surface area contributed by atoms with Crippen molar-refractivity contribution in [1.82, 2.24) is 26.6 Å². The van der Waals surface area contributed by atoms with Crippen molar-refractivity contribution in [2.45, 2.75) is 121 Å². The third-order valence-corrected chi connectivity index (χ3v) is 10.2. The fourth-order valence-corrected chi connectivity index (χ4v) is 6.75. The van der Waals surface area contributed by atoms with E-state index in [-0.39, 0.29) is 83.4 Å². The lowest BCUT2D eigenvalue weighted by atomic mass is 9.84. The van der Waals surface area contributed by atoms with Gasteiger partial charge in [0.05, 0.1) is 6.04 Å². The van der Waals surface area contributed by atoms with Crippen LogP contribution < -0.4 is 49.5 Å². The maximum Gasteiger partial charge on any atom is 0.243 e. The monoisotopic (exact) mass is 832 g/mol. The number of halogens is 1. The molecule has 322 valence electrons. The normalized spacial score (nSPS) is 22.1. The van der Waals surface area contributed by atoms with Crippen molar-refractivity contribution in [3.8, 4) is 0 Å². The molecule has 6 atom stereocenters. The molecule has 19 heteroatoms. The van der Waals surface area contributed by atoms with Crippen molar-refractivity contribution in [2.75, 3.05) is 19.6 Å². The van der Waals surface area contributed by atoms with Gasteiger partial charge in [-0.15, -0.1) is 0 Å². The van der Waals surface area contributed by atoms with Crippen LogP contribution in [0.3, 0.4) is 0 Å². The minimum Gasteiger partial charge on any atom is -0.370 e. The zero-order chi connectivity index (χ0) is 43.2. The number of primary amides is 1. The molecule has 18 nitrogen and oxygen atoms in total. The molecule has 0 bridgehead atoms. The standard InChI is InChI=1S/C39H61ClN10O8/c1-3-4-12-28(47-23(2)51)36(56)49-30-14-15-34(54)45-19-16-26(35(42)55)22-32(52)25(10-8-18-46-39(43)44)21-33(53)31(20-24-9-5-6-11-27(24)40)50-37(57)29(13-7-17-41)48-38(30)58/h5-6,9,11,25-26,28-31H,3-4,7-8,10,12-22,41H2,1-2H3,(H2,42,55)(H,45,54)(H,47,51)(H,48,58)(H,49,56)(H,50,57)(H4,43,44,46)/t25-,26-,28+,29+,30+,31-/m1/s1. The summed E-state index contributed by atoms with van der Waals surface area (Å²) in [5.41, 5.74) is 22.9. The third kappa shape index (κ3) is 18.0. The number of benzene rings is 1. The fraction of sp³-hybridized carbons (Fsp3) is 0.615.